The van der Waals surface area contributed by atoms with Crippen LogP contribution >= 0.6 is 11.6 Å². The van der Waals surface area contributed by atoms with E-state index in [1.807, 2.05) is 0 Å². The lowest BCUT2D eigenvalue weighted by Gasteiger charge is -2.46. The summed E-state index contributed by atoms with van der Waals surface area (Å²) in [7, 11) is 4.49. The molecule has 198 valence electrons. The molecular formula is C28H27ClN2O7. The lowest BCUT2D eigenvalue weighted by Crippen LogP contribution is -2.61. The van der Waals surface area contributed by atoms with Crippen LogP contribution in [0.15, 0.2) is 66.7 Å². The Morgan fingerprint density at radius 2 is 1.58 bits per heavy atom. The molecule has 0 fully saturated rings. The SMILES string of the molecule is COc1cc(OC)cc(OC(C(=O)O)[C@]2(c3ccccc3)c3cc(Cl)ccc3N(C)C(=O)CN2C(C)=O)c1. The van der Waals surface area contributed by atoms with E-state index in [9.17, 15) is 19.5 Å². The fourth-order valence-electron chi connectivity index (χ4n) is 4.85. The highest BCUT2D eigenvalue weighted by Gasteiger charge is 2.57. The highest BCUT2D eigenvalue weighted by atomic mass is 35.5. The van der Waals surface area contributed by atoms with Crippen LogP contribution in [0.5, 0.6) is 17.2 Å². The Morgan fingerprint density at radius 3 is 2.13 bits per heavy atom. The van der Waals surface area contributed by atoms with E-state index in [2.05, 4.69) is 0 Å². The Balaban J connectivity index is 2.11. The summed E-state index contributed by atoms with van der Waals surface area (Å²) in [4.78, 5) is 42.4. The minimum absolute atomic E-state index is 0.125. The first kappa shape index (κ1) is 26.8. The number of anilines is 1. The zero-order chi connectivity index (χ0) is 27.6. The number of likely N-dealkylation sites (N-methyl/N-ethyl adjacent to an activating group) is 1. The predicted octanol–water partition coefficient (Wildman–Crippen LogP) is 3.96. The smallest absolute Gasteiger partial charge is 0.348 e. The van der Waals surface area contributed by atoms with Crippen molar-refractivity contribution in [3.8, 4) is 17.2 Å². The van der Waals surface area contributed by atoms with Crippen molar-refractivity contribution in [3.05, 3.63) is 82.9 Å². The van der Waals surface area contributed by atoms with Crippen LogP contribution in [0.4, 0.5) is 5.69 Å². The van der Waals surface area contributed by atoms with Gasteiger partial charge >= 0.3 is 5.97 Å². The van der Waals surface area contributed by atoms with Crippen molar-refractivity contribution in [1.29, 1.82) is 0 Å². The van der Waals surface area contributed by atoms with Crippen LogP contribution in [0.1, 0.15) is 18.1 Å². The number of carboxylic acid groups (broad SMARTS) is 1. The van der Waals surface area contributed by atoms with Crippen molar-refractivity contribution >= 4 is 35.1 Å². The molecule has 0 radical (unpaired) electrons. The number of carbonyl (C=O) groups excluding carboxylic acids is 2. The predicted molar refractivity (Wildman–Crippen MR) is 141 cm³/mol. The molecule has 0 aliphatic carbocycles. The van der Waals surface area contributed by atoms with Gasteiger partial charge in [0.2, 0.25) is 17.9 Å². The molecule has 10 heteroatoms. The van der Waals surface area contributed by atoms with E-state index in [0.29, 0.717) is 33.3 Å². The number of benzene rings is 3. The molecule has 0 saturated heterocycles. The number of methoxy groups -OCH3 is 2. The Hall–Kier alpha value is -4.24. The fraction of sp³-hybridized carbons (Fsp3) is 0.250. The molecule has 4 rings (SSSR count). The van der Waals surface area contributed by atoms with Gasteiger partial charge in [-0.05, 0) is 23.8 Å². The first-order valence-corrected chi connectivity index (χ1v) is 12.0. The molecule has 1 aliphatic heterocycles. The maximum Gasteiger partial charge on any atom is 0.348 e. The third kappa shape index (κ3) is 4.61. The van der Waals surface area contributed by atoms with E-state index in [1.54, 1.807) is 61.6 Å². The lowest BCUT2D eigenvalue weighted by atomic mass is 9.75. The van der Waals surface area contributed by atoms with Crippen molar-refractivity contribution in [2.24, 2.45) is 0 Å². The first-order chi connectivity index (χ1) is 18.1. The van der Waals surface area contributed by atoms with E-state index in [0.717, 1.165) is 0 Å². The third-order valence-electron chi connectivity index (χ3n) is 6.60. The van der Waals surface area contributed by atoms with Crippen molar-refractivity contribution in [3.63, 3.8) is 0 Å². The molecule has 2 atom stereocenters. The van der Waals surface area contributed by atoms with Gasteiger partial charge in [0.1, 0.15) is 29.3 Å². The van der Waals surface area contributed by atoms with Gasteiger partial charge in [0.05, 0.1) is 14.2 Å². The summed E-state index contributed by atoms with van der Waals surface area (Å²) in [5.41, 5.74) is -0.674. The molecule has 0 bridgehead atoms. The molecule has 3 aromatic rings. The van der Waals surface area contributed by atoms with Crippen molar-refractivity contribution < 1.29 is 33.7 Å². The van der Waals surface area contributed by atoms with E-state index in [-0.39, 0.29) is 5.75 Å². The average molecular weight is 539 g/mol. The summed E-state index contributed by atoms with van der Waals surface area (Å²) < 4.78 is 16.9. The van der Waals surface area contributed by atoms with Gasteiger partial charge < -0.3 is 29.1 Å². The molecule has 3 aromatic carbocycles. The summed E-state index contributed by atoms with van der Waals surface area (Å²) in [5.74, 6) is -1.43. The number of halogens is 1. The fourth-order valence-corrected chi connectivity index (χ4v) is 5.02. The number of ether oxygens (including phenoxy) is 3. The largest absolute Gasteiger partial charge is 0.496 e. The molecule has 1 aliphatic rings. The van der Waals surface area contributed by atoms with Crippen LogP contribution in [0.3, 0.4) is 0 Å². The normalized spacial score (nSPS) is 17.8. The second-order valence-corrected chi connectivity index (χ2v) is 9.17. The van der Waals surface area contributed by atoms with Gasteiger partial charge in [-0.15, -0.1) is 0 Å². The Kier molecular flexibility index (Phi) is 7.50. The van der Waals surface area contributed by atoms with E-state index in [1.165, 1.54) is 43.1 Å². The Morgan fingerprint density at radius 1 is 0.974 bits per heavy atom. The van der Waals surface area contributed by atoms with E-state index in [4.69, 9.17) is 25.8 Å². The number of rotatable bonds is 7. The second-order valence-electron chi connectivity index (χ2n) is 8.74. The van der Waals surface area contributed by atoms with Gasteiger partial charge in [0.25, 0.3) is 0 Å². The number of hydrogen-bond donors (Lipinski definition) is 1. The molecule has 2 amide bonds. The molecule has 0 spiro atoms. The maximum absolute atomic E-state index is 13.3. The number of aliphatic carboxylic acids is 1. The van der Waals surface area contributed by atoms with Gasteiger partial charge in [-0.25, -0.2) is 4.79 Å². The lowest BCUT2D eigenvalue weighted by molar-refractivity contribution is -0.157. The number of amides is 2. The van der Waals surface area contributed by atoms with Crippen LogP contribution < -0.4 is 19.1 Å². The number of carbonyl (C=O) groups is 3. The van der Waals surface area contributed by atoms with Crippen LogP contribution in [0.25, 0.3) is 0 Å². The maximum atomic E-state index is 13.3. The van der Waals surface area contributed by atoms with Crippen LogP contribution in [0.2, 0.25) is 5.02 Å². The summed E-state index contributed by atoms with van der Waals surface area (Å²) in [6.45, 7) is 0.885. The highest BCUT2D eigenvalue weighted by Crippen LogP contribution is 2.48. The molecular weight excluding hydrogens is 512 g/mol. The van der Waals surface area contributed by atoms with E-state index < -0.39 is 36.0 Å². The van der Waals surface area contributed by atoms with Gasteiger partial charge in [-0.3, -0.25) is 9.59 Å². The summed E-state index contributed by atoms with van der Waals surface area (Å²) in [6, 6.07) is 18.1. The van der Waals surface area contributed by atoms with Gasteiger partial charge in [-0.1, -0.05) is 41.9 Å². The highest BCUT2D eigenvalue weighted by molar-refractivity contribution is 6.30. The molecule has 0 aromatic heterocycles. The van der Waals surface area contributed by atoms with Gasteiger partial charge in [0, 0.05) is 48.4 Å². The third-order valence-corrected chi connectivity index (χ3v) is 6.84. The Bertz CT molecular complexity index is 1360. The number of fused-ring (bicyclic) bond motifs is 1. The second kappa shape index (κ2) is 10.6. The molecule has 0 saturated carbocycles. The number of nitrogens with zero attached hydrogens (tertiary/aromatic N) is 2. The minimum Gasteiger partial charge on any atom is -0.496 e. The zero-order valence-corrected chi connectivity index (χ0v) is 22.1. The van der Waals surface area contributed by atoms with Crippen LogP contribution in [-0.2, 0) is 19.9 Å². The summed E-state index contributed by atoms with van der Waals surface area (Å²) in [5, 5.41) is 11.0. The molecule has 1 heterocycles. The standard InChI is InChI=1S/C28H27ClN2O7/c1-17(32)31-16-25(33)30(2)24-11-10-19(29)12-23(24)28(31,18-8-6-5-7-9-18)26(27(34)35)38-22-14-20(36-3)13-21(15-22)37-4/h5-15,26H,16H2,1-4H3,(H,34,35)/t26?,28-/m0/s1. The van der Waals surface area contributed by atoms with Gasteiger partial charge in [0.15, 0.2) is 0 Å². The Labute approximate surface area is 225 Å². The monoisotopic (exact) mass is 538 g/mol. The molecule has 1 unspecified atom stereocenters. The topological polar surface area (TPSA) is 106 Å². The number of hydrogen-bond acceptors (Lipinski definition) is 6. The minimum atomic E-state index is -1.81. The van der Waals surface area contributed by atoms with Gasteiger partial charge in [-0.2, -0.15) is 0 Å². The van der Waals surface area contributed by atoms with Crippen molar-refractivity contribution in [2.75, 3.05) is 32.7 Å². The quantitative estimate of drug-likeness (QED) is 0.485. The van der Waals surface area contributed by atoms with E-state index >= 15 is 0 Å². The molecule has 9 nitrogen and oxygen atoms in total. The van der Waals surface area contributed by atoms with Crippen molar-refractivity contribution in [1.82, 2.24) is 4.90 Å². The zero-order valence-electron chi connectivity index (χ0n) is 21.3. The summed E-state index contributed by atoms with van der Waals surface area (Å²) >= 11 is 6.45. The van der Waals surface area contributed by atoms with Crippen LogP contribution in [-0.4, -0.2) is 61.7 Å². The summed E-state index contributed by atoms with van der Waals surface area (Å²) in [6.07, 6.45) is -1.73. The first-order valence-electron chi connectivity index (χ1n) is 11.7. The molecule has 38 heavy (non-hydrogen) atoms. The molecule has 1 N–H and O–H groups in total. The van der Waals surface area contributed by atoms with Crippen LogP contribution in [0, 0.1) is 0 Å². The number of carboxylic acids is 1. The average Bonchev–Trinajstić information content (AvgIpc) is 3.00. The van der Waals surface area contributed by atoms with Crippen molar-refractivity contribution in [2.45, 2.75) is 18.6 Å².